The lowest BCUT2D eigenvalue weighted by molar-refractivity contribution is -0.141. The van der Waals surface area contributed by atoms with Gasteiger partial charge in [0.05, 0.1) is 0 Å². The van der Waals surface area contributed by atoms with Gasteiger partial charge in [-0.25, -0.2) is 0 Å². The van der Waals surface area contributed by atoms with Gasteiger partial charge in [-0.2, -0.15) is 13.2 Å². The van der Waals surface area contributed by atoms with Crippen LogP contribution in [0.25, 0.3) is 0 Å². The average Bonchev–Trinajstić information content (AvgIpc) is 2.02. The van der Waals surface area contributed by atoms with Crippen LogP contribution in [0, 0.1) is 0 Å². The minimum atomic E-state index is -4.41. The fourth-order valence-corrected chi connectivity index (χ4v) is 1.55. The Hall–Kier alpha value is -0.910. The molecule has 6 heteroatoms. The SMILES string of the molecule is CS(=O)Cc1ccc(C(F)(F)F)nc1. The zero-order valence-electron chi connectivity index (χ0n) is 7.34. The van der Waals surface area contributed by atoms with Gasteiger partial charge in [-0.1, -0.05) is 6.07 Å². The van der Waals surface area contributed by atoms with E-state index in [9.17, 15) is 17.4 Å². The highest BCUT2D eigenvalue weighted by molar-refractivity contribution is 7.83. The molecule has 0 aliphatic rings. The smallest absolute Gasteiger partial charge is 0.260 e. The lowest BCUT2D eigenvalue weighted by Gasteiger charge is -2.05. The predicted molar refractivity (Wildman–Crippen MR) is 47.0 cm³/mol. The second-order valence-corrected chi connectivity index (χ2v) is 4.20. The van der Waals surface area contributed by atoms with Gasteiger partial charge < -0.3 is 0 Å². The third-order valence-corrected chi connectivity index (χ3v) is 2.22. The molecular formula is C8H8F3NOS. The Labute approximate surface area is 81.6 Å². The van der Waals surface area contributed by atoms with E-state index in [4.69, 9.17) is 0 Å². The summed E-state index contributed by atoms with van der Waals surface area (Å²) in [6.07, 6.45) is -1.83. The number of alkyl halides is 3. The molecule has 0 amide bonds. The molecule has 2 nitrogen and oxygen atoms in total. The molecule has 0 radical (unpaired) electrons. The van der Waals surface area contributed by atoms with Crippen LogP contribution in [0.4, 0.5) is 13.2 Å². The number of pyridine rings is 1. The van der Waals surface area contributed by atoms with Crippen LogP contribution in [-0.4, -0.2) is 15.4 Å². The van der Waals surface area contributed by atoms with Gasteiger partial charge in [0.25, 0.3) is 0 Å². The van der Waals surface area contributed by atoms with E-state index in [-0.39, 0.29) is 5.75 Å². The van der Waals surface area contributed by atoms with Crippen LogP contribution in [0.3, 0.4) is 0 Å². The first-order valence-corrected chi connectivity index (χ1v) is 5.44. The lowest BCUT2D eigenvalue weighted by atomic mass is 10.3. The van der Waals surface area contributed by atoms with E-state index >= 15 is 0 Å². The molecule has 1 rings (SSSR count). The van der Waals surface area contributed by atoms with Crippen molar-refractivity contribution in [2.75, 3.05) is 6.26 Å². The second kappa shape index (κ2) is 4.08. The fraction of sp³-hybridized carbons (Fsp3) is 0.375. The number of halogens is 3. The summed E-state index contributed by atoms with van der Waals surface area (Å²) in [6, 6.07) is 2.18. The Bertz CT molecular complexity index is 333. The van der Waals surface area contributed by atoms with Gasteiger partial charge in [-0.3, -0.25) is 9.19 Å². The fourth-order valence-electron chi connectivity index (χ4n) is 0.912. The van der Waals surface area contributed by atoms with Crippen molar-refractivity contribution in [2.45, 2.75) is 11.9 Å². The summed E-state index contributed by atoms with van der Waals surface area (Å²) < 4.78 is 46.9. The molecule has 1 aromatic heterocycles. The summed E-state index contributed by atoms with van der Waals surface area (Å²) in [5.41, 5.74) is -0.387. The first-order chi connectivity index (χ1) is 6.39. The summed E-state index contributed by atoms with van der Waals surface area (Å²) in [7, 11) is -1.07. The molecule has 14 heavy (non-hydrogen) atoms. The molecule has 0 aliphatic carbocycles. The lowest BCUT2D eigenvalue weighted by Crippen LogP contribution is -2.07. The van der Waals surface area contributed by atoms with Crippen molar-refractivity contribution in [3.63, 3.8) is 0 Å². The highest BCUT2D eigenvalue weighted by atomic mass is 32.2. The third kappa shape index (κ3) is 3.10. The van der Waals surface area contributed by atoms with E-state index < -0.39 is 22.7 Å². The zero-order chi connectivity index (χ0) is 10.8. The monoisotopic (exact) mass is 223 g/mol. The Morgan fingerprint density at radius 2 is 2.07 bits per heavy atom. The molecule has 0 aromatic carbocycles. The van der Waals surface area contributed by atoms with Crippen molar-refractivity contribution in [2.24, 2.45) is 0 Å². The van der Waals surface area contributed by atoms with Gasteiger partial charge in [0.2, 0.25) is 0 Å². The van der Waals surface area contributed by atoms with Crippen LogP contribution in [0.15, 0.2) is 18.3 Å². The van der Waals surface area contributed by atoms with Crippen molar-refractivity contribution in [3.8, 4) is 0 Å². The van der Waals surface area contributed by atoms with Crippen LogP contribution < -0.4 is 0 Å². The summed E-state index contributed by atoms with van der Waals surface area (Å²) >= 11 is 0. The molecule has 0 spiro atoms. The highest BCUT2D eigenvalue weighted by Gasteiger charge is 2.31. The molecule has 0 saturated carbocycles. The van der Waals surface area contributed by atoms with Crippen LogP contribution in [0.1, 0.15) is 11.3 Å². The maximum atomic E-state index is 12.1. The number of nitrogens with zero attached hydrogens (tertiary/aromatic N) is 1. The summed E-state index contributed by atoms with van der Waals surface area (Å²) in [6.45, 7) is 0. The van der Waals surface area contributed by atoms with Gasteiger partial charge in [0.15, 0.2) is 0 Å². The van der Waals surface area contributed by atoms with Gasteiger partial charge in [0.1, 0.15) is 5.69 Å². The molecule has 0 saturated heterocycles. The zero-order valence-corrected chi connectivity index (χ0v) is 8.15. The van der Waals surface area contributed by atoms with Gasteiger partial charge in [-0.15, -0.1) is 0 Å². The number of rotatable bonds is 2. The highest BCUT2D eigenvalue weighted by Crippen LogP contribution is 2.27. The van der Waals surface area contributed by atoms with Crippen molar-refractivity contribution in [3.05, 3.63) is 29.6 Å². The average molecular weight is 223 g/mol. The summed E-state index contributed by atoms with van der Waals surface area (Å²) in [5, 5.41) is 0. The van der Waals surface area contributed by atoms with Crippen molar-refractivity contribution in [1.29, 1.82) is 0 Å². The minimum Gasteiger partial charge on any atom is -0.260 e. The van der Waals surface area contributed by atoms with Crippen molar-refractivity contribution < 1.29 is 17.4 Å². The Morgan fingerprint density at radius 1 is 1.43 bits per heavy atom. The van der Waals surface area contributed by atoms with Crippen LogP contribution in [0.2, 0.25) is 0 Å². The largest absolute Gasteiger partial charge is 0.433 e. The molecule has 1 unspecified atom stereocenters. The van der Waals surface area contributed by atoms with Crippen molar-refractivity contribution in [1.82, 2.24) is 4.98 Å². The third-order valence-electron chi connectivity index (χ3n) is 1.49. The summed E-state index contributed by atoms with van der Waals surface area (Å²) in [4.78, 5) is 3.24. The summed E-state index contributed by atoms with van der Waals surface area (Å²) in [5.74, 6) is 0.227. The first-order valence-electron chi connectivity index (χ1n) is 3.72. The maximum Gasteiger partial charge on any atom is 0.433 e. The van der Waals surface area contributed by atoms with E-state index in [1.165, 1.54) is 12.3 Å². The van der Waals surface area contributed by atoms with E-state index in [0.29, 0.717) is 5.56 Å². The first kappa shape index (κ1) is 11.2. The Balaban J connectivity index is 2.84. The normalized spacial score (nSPS) is 14.0. The van der Waals surface area contributed by atoms with Crippen LogP contribution in [0.5, 0.6) is 0 Å². The molecule has 1 aromatic rings. The predicted octanol–water partition coefficient (Wildman–Crippen LogP) is 1.98. The maximum absolute atomic E-state index is 12.1. The molecule has 1 heterocycles. The number of hydrogen-bond acceptors (Lipinski definition) is 2. The standard InChI is InChI=1S/C8H8F3NOS/c1-14(13)5-6-2-3-7(12-4-6)8(9,10)11/h2-4H,5H2,1H3. The van der Waals surface area contributed by atoms with Crippen LogP contribution in [-0.2, 0) is 22.7 Å². The Morgan fingerprint density at radius 3 is 2.43 bits per heavy atom. The van der Waals surface area contributed by atoms with E-state index in [0.717, 1.165) is 12.3 Å². The van der Waals surface area contributed by atoms with Gasteiger partial charge >= 0.3 is 6.18 Å². The Kier molecular flexibility index (Phi) is 3.25. The second-order valence-electron chi connectivity index (χ2n) is 2.77. The molecule has 1 atom stereocenters. The molecule has 0 bridgehead atoms. The van der Waals surface area contributed by atoms with Gasteiger partial charge in [-0.05, 0) is 11.6 Å². The van der Waals surface area contributed by atoms with E-state index in [2.05, 4.69) is 4.98 Å². The quantitative estimate of drug-likeness (QED) is 0.767. The van der Waals surface area contributed by atoms with Crippen molar-refractivity contribution >= 4 is 10.8 Å². The molecule has 0 fully saturated rings. The van der Waals surface area contributed by atoms with E-state index in [1.807, 2.05) is 0 Å². The molecule has 78 valence electrons. The minimum absolute atomic E-state index is 0.227. The molecule has 0 aliphatic heterocycles. The number of aromatic nitrogens is 1. The van der Waals surface area contributed by atoms with E-state index in [1.54, 1.807) is 0 Å². The van der Waals surface area contributed by atoms with Crippen LogP contribution >= 0.6 is 0 Å². The molecular weight excluding hydrogens is 215 g/mol. The molecule has 0 N–H and O–H groups in total. The number of hydrogen-bond donors (Lipinski definition) is 0. The topological polar surface area (TPSA) is 30.0 Å². The van der Waals surface area contributed by atoms with Gasteiger partial charge in [0, 0.05) is 29.0 Å².